The van der Waals surface area contributed by atoms with Crippen molar-refractivity contribution in [3.05, 3.63) is 29.0 Å². The Hall–Kier alpha value is -0.850. The molecule has 7 heteroatoms. The average Bonchev–Trinajstić information content (AvgIpc) is 2.47. The van der Waals surface area contributed by atoms with Gasteiger partial charge in [-0.3, -0.25) is 0 Å². The third-order valence-corrected chi connectivity index (χ3v) is 4.62. The molecule has 1 aromatic rings. The van der Waals surface area contributed by atoms with Gasteiger partial charge in [0.15, 0.2) is 15.7 Å². The van der Waals surface area contributed by atoms with E-state index in [4.69, 9.17) is 11.6 Å². The maximum atomic E-state index is 13.5. The van der Waals surface area contributed by atoms with E-state index in [0.29, 0.717) is 0 Å². The number of aliphatic hydroxyl groups excluding tert-OH is 1. The highest BCUT2D eigenvalue weighted by atomic mass is 35.5. The molecule has 1 fully saturated rings. The zero-order valence-corrected chi connectivity index (χ0v) is 10.3. The molecule has 1 aliphatic heterocycles. The third kappa shape index (κ3) is 2.70. The first-order valence-electron chi connectivity index (χ1n) is 4.98. The molecule has 1 heterocycles. The molecule has 0 aromatic heterocycles. The molecule has 0 bridgehead atoms. The van der Waals surface area contributed by atoms with Gasteiger partial charge >= 0.3 is 0 Å². The predicted octanol–water partition coefficient (Wildman–Crippen LogP) is 1.05. The Labute approximate surface area is 103 Å². The summed E-state index contributed by atoms with van der Waals surface area (Å²) in [6.07, 6.45) is -1.03. The molecule has 2 atom stereocenters. The van der Waals surface area contributed by atoms with Crippen LogP contribution in [-0.4, -0.2) is 37.2 Å². The minimum Gasteiger partial charge on any atom is -0.390 e. The van der Waals surface area contributed by atoms with Crippen molar-refractivity contribution in [3.8, 4) is 0 Å². The Balaban J connectivity index is 2.20. The monoisotopic (exact) mass is 279 g/mol. The summed E-state index contributed by atoms with van der Waals surface area (Å²) < 4.78 is 36.1. The van der Waals surface area contributed by atoms with Crippen LogP contribution in [0.4, 0.5) is 10.1 Å². The number of sulfone groups is 1. The maximum absolute atomic E-state index is 13.5. The first-order valence-corrected chi connectivity index (χ1v) is 7.18. The molecule has 2 unspecified atom stereocenters. The molecule has 94 valence electrons. The van der Waals surface area contributed by atoms with Crippen LogP contribution in [0.5, 0.6) is 0 Å². The lowest BCUT2D eigenvalue weighted by Gasteiger charge is -2.17. The number of hydrogen-bond donors (Lipinski definition) is 2. The number of nitrogens with one attached hydrogen (secondary N) is 1. The molecule has 2 N–H and O–H groups in total. The van der Waals surface area contributed by atoms with Gasteiger partial charge in [-0.15, -0.1) is 0 Å². The smallest absolute Gasteiger partial charge is 0.164 e. The number of hydrogen-bond acceptors (Lipinski definition) is 4. The summed E-state index contributed by atoms with van der Waals surface area (Å²) in [5.41, 5.74) is 0.0960. The van der Waals surface area contributed by atoms with Crippen LogP contribution >= 0.6 is 11.6 Å². The third-order valence-electron chi connectivity index (χ3n) is 2.62. The van der Waals surface area contributed by atoms with Crippen molar-refractivity contribution < 1.29 is 17.9 Å². The van der Waals surface area contributed by atoms with Crippen LogP contribution in [0.15, 0.2) is 18.2 Å². The van der Waals surface area contributed by atoms with Crippen LogP contribution in [0.1, 0.15) is 0 Å². The van der Waals surface area contributed by atoms with Crippen molar-refractivity contribution in [2.45, 2.75) is 12.1 Å². The highest BCUT2D eigenvalue weighted by Crippen LogP contribution is 2.25. The van der Waals surface area contributed by atoms with Crippen LogP contribution in [0.2, 0.25) is 5.02 Å². The summed E-state index contributed by atoms with van der Waals surface area (Å²) in [5.74, 6) is -1.15. The standard InChI is InChI=1S/C10H11ClFNO3S/c11-6-2-1-3-7(10(6)12)13-8-4-17(15,16)5-9(8)14/h1-3,8-9,13-14H,4-5H2. The predicted molar refractivity (Wildman–Crippen MR) is 63.5 cm³/mol. The van der Waals surface area contributed by atoms with Crippen LogP contribution in [0.3, 0.4) is 0 Å². The summed E-state index contributed by atoms with van der Waals surface area (Å²) in [4.78, 5) is 0. The summed E-state index contributed by atoms with van der Waals surface area (Å²) in [6.45, 7) is 0. The largest absolute Gasteiger partial charge is 0.390 e. The second-order valence-electron chi connectivity index (χ2n) is 4.00. The van der Waals surface area contributed by atoms with Crippen molar-refractivity contribution in [1.29, 1.82) is 0 Å². The van der Waals surface area contributed by atoms with Crippen molar-refractivity contribution >= 4 is 27.1 Å². The van der Waals surface area contributed by atoms with Gasteiger partial charge in [-0.05, 0) is 12.1 Å². The zero-order chi connectivity index (χ0) is 12.6. The van der Waals surface area contributed by atoms with Crippen molar-refractivity contribution in [2.24, 2.45) is 0 Å². The van der Waals surface area contributed by atoms with Crippen LogP contribution in [-0.2, 0) is 9.84 Å². The Kier molecular flexibility index (Phi) is 3.29. The molecule has 0 aliphatic carbocycles. The lowest BCUT2D eigenvalue weighted by molar-refractivity contribution is 0.190. The highest BCUT2D eigenvalue weighted by molar-refractivity contribution is 7.91. The Bertz CT molecular complexity index is 534. The van der Waals surface area contributed by atoms with E-state index in [2.05, 4.69) is 5.32 Å². The summed E-state index contributed by atoms with van der Waals surface area (Å²) in [7, 11) is -3.26. The van der Waals surface area contributed by atoms with Gasteiger partial charge in [0.1, 0.15) is 0 Å². The van der Waals surface area contributed by atoms with E-state index in [-0.39, 0.29) is 22.2 Å². The number of halogens is 2. The molecule has 1 aromatic carbocycles. The Morgan fingerprint density at radius 2 is 2.12 bits per heavy atom. The number of rotatable bonds is 2. The maximum Gasteiger partial charge on any atom is 0.164 e. The van der Waals surface area contributed by atoms with Crippen molar-refractivity contribution in [3.63, 3.8) is 0 Å². The van der Waals surface area contributed by atoms with Gasteiger partial charge in [0, 0.05) is 0 Å². The normalized spacial score (nSPS) is 27.0. The molecule has 17 heavy (non-hydrogen) atoms. The summed E-state index contributed by atoms with van der Waals surface area (Å²) in [5, 5.41) is 12.2. The Morgan fingerprint density at radius 1 is 1.41 bits per heavy atom. The van der Waals surface area contributed by atoms with Gasteiger partial charge < -0.3 is 10.4 Å². The lowest BCUT2D eigenvalue weighted by Crippen LogP contribution is -2.32. The van der Waals surface area contributed by atoms with E-state index in [1.54, 1.807) is 6.07 Å². The first-order chi connectivity index (χ1) is 7.89. The van der Waals surface area contributed by atoms with Gasteiger partial charge in [-0.2, -0.15) is 0 Å². The molecule has 0 spiro atoms. The lowest BCUT2D eigenvalue weighted by atomic mass is 10.2. The Morgan fingerprint density at radius 3 is 2.71 bits per heavy atom. The van der Waals surface area contributed by atoms with E-state index in [1.807, 2.05) is 0 Å². The van der Waals surface area contributed by atoms with Gasteiger partial charge in [-0.25, -0.2) is 12.8 Å². The number of benzene rings is 1. The number of aliphatic hydroxyl groups is 1. The van der Waals surface area contributed by atoms with E-state index in [9.17, 15) is 17.9 Å². The molecule has 2 rings (SSSR count). The SMILES string of the molecule is O=S1(=O)CC(O)C(Nc2cccc(Cl)c2F)C1. The van der Waals surface area contributed by atoms with E-state index in [1.165, 1.54) is 12.1 Å². The van der Waals surface area contributed by atoms with E-state index >= 15 is 0 Å². The molecule has 0 amide bonds. The average molecular weight is 280 g/mol. The first kappa shape index (κ1) is 12.6. The van der Waals surface area contributed by atoms with Crippen LogP contribution < -0.4 is 5.32 Å². The summed E-state index contributed by atoms with van der Waals surface area (Å²) in [6, 6.07) is 3.68. The molecular weight excluding hydrogens is 269 g/mol. The highest BCUT2D eigenvalue weighted by Gasteiger charge is 2.36. The van der Waals surface area contributed by atoms with Gasteiger partial charge in [0.05, 0.1) is 34.4 Å². The van der Waals surface area contributed by atoms with Crippen molar-refractivity contribution in [1.82, 2.24) is 0 Å². The molecule has 1 saturated heterocycles. The van der Waals surface area contributed by atoms with Crippen molar-refractivity contribution in [2.75, 3.05) is 16.8 Å². The van der Waals surface area contributed by atoms with E-state index < -0.39 is 27.8 Å². The van der Waals surface area contributed by atoms with Crippen LogP contribution in [0.25, 0.3) is 0 Å². The molecule has 0 radical (unpaired) electrons. The zero-order valence-electron chi connectivity index (χ0n) is 8.73. The fourth-order valence-electron chi connectivity index (χ4n) is 1.78. The van der Waals surface area contributed by atoms with Gasteiger partial charge in [0.2, 0.25) is 0 Å². The quantitative estimate of drug-likeness (QED) is 0.849. The second-order valence-corrected chi connectivity index (χ2v) is 6.56. The van der Waals surface area contributed by atoms with E-state index in [0.717, 1.165) is 0 Å². The number of anilines is 1. The fourth-order valence-corrected chi connectivity index (χ4v) is 3.70. The second kappa shape index (κ2) is 4.44. The van der Waals surface area contributed by atoms with Gasteiger partial charge in [0.25, 0.3) is 0 Å². The van der Waals surface area contributed by atoms with Gasteiger partial charge in [-0.1, -0.05) is 17.7 Å². The minimum atomic E-state index is -3.26. The molecular formula is C10H11ClFNO3S. The minimum absolute atomic E-state index is 0.0506. The summed E-state index contributed by atoms with van der Waals surface area (Å²) >= 11 is 5.60. The fraction of sp³-hybridized carbons (Fsp3) is 0.400. The molecule has 4 nitrogen and oxygen atoms in total. The van der Waals surface area contributed by atoms with Crippen LogP contribution in [0, 0.1) is 5.82 Å². The molecule has 0 saturated carbocycles. The molecule has 1 aliphatic rings. The topological polar surface area (TPSA) is 66.4 Å².